The van der Waals surface area contributed by atoms with E-state index in [0.29, 0.717) is 17.4 Å². The summed E-state index contributed by atoms with van der Waals surface area (Å²) >= 11 is 0. The van der Waals surface area contributed by atoms with Crippen molar-refractivity contribution < 1.29 is 37.3 Å². The van der Waals surface area contributed by atoms with E-state index >= 15 is 0 Å². The third-order valence-electron chi connectivity index (χ3n) is 8.59. The lowest BCUT2D eigenvalue weighted by Crippen LogP contribution is -2.37. The summed E-state index contributed by atoms with van der Waals surface area (Å²) in [6.07, 6.45) is 37.1. The van der Waals surface area contributed by atoms with Gasteiger partial charge in [-0.15, -0.1) is 0 Å². The van der Waals surface area contributed by atoms with Gasteiger partial charge in [0.2, 0.25) is 0 Å². The van der Waals surface area contributed by atoms with Crippen molar-refractivity contribution in [1.82, 2.24) is 0 Å². The van der Waals surface area contributed by atoms with Crippen LogP contribution in [-0.4, -0.2) is 64.1 Å². The molecule has 0 saturated heterocycles. The maximum Gasteiger partial charge on any atom is 0.305 e. The molecule has 0 saturated carbocycles. The zero-order valence-electron chi connectivity index (χ0n) is 32.6. The molecular weight excluding hydrogens is 637 g/mol. The van der Waals surface area contributed by atoms with E-state index in [1.165, 1.54) is 122 Å². The van der Waals surface area contributed by atoms with Crippen molar-refractivity contribution >= 4 is 13.8 Å². The van der Waals surface area contributed by atoms with Gasteiger partial charge in [-0.2, -0.15) is 0 Å². The maximum absolute atomic E-state index is 12.4. The fourth-order valence-corrected chi connectivity index (χ4v) is 6.08. The molecule has 0 N–H and O–H groups in total. The largest absolute Gasteiger partial charge is 0.756 e. The van der Waals surface area contributed by atoms with Crippen LogP contribution < -0.4 is 4.89 Å². The van der Waals surface area contributed by atoms with Crippen LogP contribution in [0, 0.1) is 0 Å². The number of hydrogen-bond acceptors (Lipinski definition) is 7. The molecule has 0 spiro atoms. The van der Waals surface area contributed by atoms with E-state index in [2.05, 4.69) is 26.0 Å². The number of hydrogen-bond donors (Lipinski definition) is 0. The average Bonchev–Trinajstić information content (AvgIpc) is 3.05. The number of allylic oxidation sites excluding steroid dienone is 3. The summed E-state index contributed by atoms with van der Waals surface area (Å²) in [6.45, 7) is 4.68. The minimum absolute atomic E-state index is 0.0277. The van der Waals surface area contributed by atoms with Gasteiger partial charge in [0.25, 0.3) is 7.82 Å². The molecule has 0 fully saturated rings. The van der Waals surface area contributed by atoms with Crippen molar-refractivity contribution in [1.29, 1.82) is 0 Å². The Kier molecular flexibility index (Phi) is 33.1. The summed E-state index contributed by atoms with van der Waals surface area (Å²) in [5, 5.41) is 0. The Morgan fingerprint density at radius 2 is 1.08 bits per heavy atom. The molecule has 0 rings (SSSR count). The lowest BCUT2D eigenvalue weighted by atomic mass is 10.1. The monoisotopic (exact) mass is 716 g/mol. The molecule has 8 nitrogen and oxygen atoms in total. The molecule has 0 aromatic heterocycles. The number of nitrogens with zero attached hydrogens (tertiary/aromatic N) is 1. The highest BCUT2D eigenvalue weighted by Gasteiger charge is 2.19. The lowest BCUT2D eigenvalue weighted by molar-refractivity contribution is -0.870. The third kappa shape index (κ3) is 37.9. The van der Waals surface area contributed by atoms with E-state index in [0.717, 1.165) is 32.1 Å². The van der Waals surface area contributed by atoms with Crippen LogP contribution in [0.3, 0.4) is 0 Å². The zero-order chi connectivity index (χ0) is 36.3. The highest BCUT2D eigenvalue weighted by Crippen LogP contribution is 2.38. The number of likely N-dealkylation sites (N-methyl/N-ethyl adjacent to an activating group) is 1. The van der Waals surface area contributed by atoms with Crippen LogP contribution in [0.5, 0.6) is 0 Å². The first-order chi connectivity index (χ1) is 23.6. The number of unbranched alkanes of at least 4 members (excludes halogenated alkanes) is 21. The third-order valence-corrected chi connectivity index (χ3v) is 9.56. The Hall–Kier alpha value is -1.18. The van der Waals surface area contributed by atoms with Crippen LogP contribution in [0.4, 0.5) is 0 Å². The maximum atomic E-state index is 12.4. The summed E-state index contributed by atoms with van der Waals surface area (Å²) in [5.41, 5.74) is 0. The van der Waals surface area contributed by atoms with Crippen LogP contribution in [0.15, 0.2) is 24.5 Å². The molecule has 0 aliphatic rings. The Labute approximate surface area is 303 Å². The molecule has 0 radical (unpaired) electrons. The second kappa shape index (κ2) is 33.9. The first-order valence-electron chi connectivity index (χ1n) is 20.1. The van der Waals surface area contributed by atoms with Crippen LogP contribution in [-0.2, 0) is 27.9 Å². The molecule has 0 amide bonds. The number of phosphoric acid groups is 1. The quantitative estimate of drug-likeness (QED) is 0.0158. The topological polar surface area (TPSA) is 94.1 Å². The number of ether oxygens (including phenoxy) is 2. The molecule has 290 valence electrons. The molecular formula is C40H78NO7P. The first-order valence-corrected chi connectivity index (χ1v) is 21.6. The Morgan fingerprint density at radius 1 is 0.633 bits per heavy atom. The summed E-state index contributed by atoms with van der Waals surface area (Å²) in [6, 6.07) is 0. The van der Waals surface area contributed by atoms with Crippen LogP contribution in [0.25, 0.3) is 0 Å². The molecule has 0 heterocycles. The van der Waals surface area contributed by atoms with Gasteiger partial charge in [-0.25, -0.2) is 0 Å². The number of quaternary nitrogens is 1. The molecule has 9 heteroatoms. The zero-order valence-corrected chi connectivity index (χ0v) is 33.5. The normalized spacial score (nSPS) is 14.1. The Bertz CT molecular complexity index is 843. The fraction of sp³-hybridized carbons (Fsp3) is 0.875. The minimum atomic E-state index is -4.51. The number of esters is 1. The highest BCUT2D eigenvalue weighted by molar-refractivity contribution is 7.45. The van der Waals surface area contributed by atoms with Gasteiger partial charge >= 0.3 is 5.97 Å². The molecule has 0 aliphatic heterocycles. The summed E-state index contributed by atoms with van der Waals surface area (Å²) in [7, 11) is 1.36. The lowest BCUT2D eigenvalue weighted by Gasteiger charge is -2.28. The summed E-state index contributed by atoms with van der Waals surface area (Å²) < 4.78 is 34.2. The number of phosphoric ester groups is 1. The van der Waals surface area contributed by atoms with Crippen molar-refractivity contribution in [2.75, 3.05) is 47.5 Å². The molecule has 49 heavy (non-hydrogen) atoms. The van der Waals surface area contributed by atoms with Gasteiger partial charge in [0.1, 0.15) is 19.8 Å². The van der Waals surface area contributed by atoms with E-state index in [-0.39, 0.29) is 25.8 Å². The summed E-state index contributed by atoms with van der Waals surface area (Å²) in [4.78, 5) is 24.7. The van der Waals surface area contributed by atoms with Gasteiger partial charge in [-0.05, 0) is 51.0 Å². The van der Waals surface area contributed by atoms with E-state index in [4.69, 9.17) is 18.5 Å². The van der Waals surface area contributed by atoms with Gasteiger partial charge < -0.3 is 27.9 Å². The second-order valence-electron chi connectivity index (χ2n) is 14.7. The Morgan fingerprint density at radius 3 is 1.59 bits per heavy atom. The number of carbonyl (C=O) groups is 1. The van der Waals surface area contributed by atoms with Gasteiger partial charge in [0.05, 0.1) is 34.0 Å². The van der Waals surface area contributed by atoms with Gasteiger partial charge in [-0.1, -0.05) is 135 Å². The molecule has 0 aromatic rings. The SMILES string of the molecule is CCCCCC/C=C\CCCCCCCC/C=C\OC(COC(=O)CCCCCCCCCCCCC)COP(=O)([O-])OCC[N+](C)(C)C. The highest BCUT2D eigenvalue weighted by atomic mass is 31.2. The molecule has 2 unspecified atom stereocenters. The van der Waals surface area contributed by atoms with Crippen molar-refractivity contribution in [2.45, 2.75) is 180 Å². The van der Waals surface area contributed by atoms with Crippen LogP contribution >= 0.6 is 7.82 Å². The molecule has 0 aromatic carbocycles. The Balaban J connectivity index is 4.33. The van der Waals surface area contributed by atoms with Crippen molar-refractivity contribution in [3.05, 3.63) is 24.5 Å². The van der Waals surface area contributed by atoms with E-state index in [1.54, 1.807) is 6.26 Å². The van der Waals surface area contributed by atoms with Gasteiger partial charge in [0, 0.05) is 6.42 Å². The van der Waals surface area contributed by atoms with Crippen LogP contribution in [0.2, 0.25) is 0 Å². The standard InChI is InChI=1S/C40H78NO7P/c1-6-8-10-12-14-16-18-19-20-21-22-24-26-28-30-32-35-45-39(38-48-49(43,44)47-36-34-41(3,4)5)37-46-40(42)33-31-29-27-25-23-17-15-13-11-9-7-2/h16,18,32,35,39H,6-15,17,19-31,33-34,36-38H2,1-5H3/b18-16-,35-32-. The number of rotatable bonds is 37. The smallest absolute Gasteiger partial charge is 0.305 e. The summed E-state index contributed by atoms with van der Waals surface area (Å²) in [5.74, 6) is -0.295. The van der Waals surface area contributed by atoms with E-state index in [9.17, 15) is 14.3 Å². The molecule has 2 atom stereocenters. The number of carbonyl (C=O) groups excluding carboxylic acids is 1. The first kappa shape index (κ1) is 47.8. The van der Waals surface area contributed by atoms with Gasteiger partial charge in [0.15, 0.2) is 6.10 Å². The minimum Gasteiger partial charge on any atom is -0.756 e. The van der Waals surface area contributed by atoms with Crippen molar-refractivity contribution in [3.63, 3.8) is 0 Å². The average molecular weight is 716 g/mol. The van der Waals surface area contributed by atoms with Crippen molar-refractivity contribution in [2.24, 2.45) is 0 Å². The van der Waals surface area contributed by atoms with Crippen molar-refractivity contribution in [3.8, 4) is 0 Å². The van der Waals surface area contributed by atoms with Gasteiger partial charge in [-0.3, -0.25) is 9.36 Å². The van der Waals surface area contributed by atoms with Crippen LogP contribution in [0.1, 0.15) is 174 Å². The molecule has 0 bridgehead atoms. The second-order valence-corrected chi connectivity index (χ2v) is 16.1. The predicted octanol–water partition coefficient (Wildman–Crippen LogP) is 11.0. The van der Waals surface area contributed by atoms with E-state index < -0.39 is 13.9 Å². The molecule has 0 aliphatic carbocycles. The fourth-order valence-electron chi connectivity index (χ4n) is 5.35. The predicted molar refractivity (Wildman–Crippen MR) is 203 cm³/mol. The van der Waals surface area contributed by atoms with E-state index in [1.807, 2.05) is 27.2 Å².